The van der Waals surface area contributed by atoms with E-state index in [-0.39, 0.29) is 21.6 Å². The van der Waals surface area contributed by atoms with Gasteiger partial charge in [0.1, 0.15) is 11.3 Å². The SMILES string of the molecule is O=S(=O)(Nc1nc(Cl)c2[nH]cnc2n1)c1ccc(F)cc1. The van der Waals surface area contributed by atoms with Crippen molar-refractivity contribution < 1.29 is 12.8 Å². The summed E-state index contributed by atoms with van der Waals surface area (Å²) in [4.78, 5) is 14.2. The van der Waals surface area contributed by atoms with E-state index in [0.29, 0.717) is 5.52 Å². The van der Waals surface area contributed by atoms with Crippen LogP contribution in [0.15, 0.2) is 35.5 Å². The number of nitrogens with zero attached hydrogens (tertiary/aromatic N) is 3. The fraction of sp³-hybridized carbons (Fsp3) is 0. The number of sulfonamides is 1. The second-order valence-corrected chi connectivity index (χ2v) is 6.04. The number of hydrogen-bond acceptors (Lipinski definition) is 5. The zero-order valence-corrected chi connectivity index (χ0v) is 11.8. The summed E-state index contributed by atoms with van der Waals surface area (Å²) in [5.41, 5.74) is 0.633. The van der Waals surface area contributed by atoms with Crippen LogP contribution in [0.3, 0.4) is 0 Å². The third-order valence-corrected chi connectivity index (χ3v) is 4.21. The molecule has 0 radical (unpaired) electrons. The van der Waals surface area contributed by atoms with Crippen LogP contribution in [0.5, 0.6) is 0 Å². The van der Waals surface area contributed by atoms with Gasteiger partial charge in [-0.2, -0.15) is 9.97 Å². The Hall–Kier alpha value is -2.26. The molecule has 0 bridgehead atoms. The second-order valence-electron chi connectivity index (χ2n) is 4.00. The molecule has 0 unspecified atom stereocenters. The Morgan fingerprint density at radius 3 is 2.62 bits per heavy atom. The molecule has 0 atom stereocenters. The lowest BCUT2D eigenvalue weighted by molar-refractivity contribution is 0.599. The van der Waals surface area contributed by atoms with Crippen LogP contribution in [0.4, 0.5) is 10.3 Å². The number of imidazole rings is 1. The van der Waals surface area contributed by atoms with E-state index in [4.69, 9.17) is 11.6 Å². The number of nitrogens with one attached hydrogen (secondary N) is 2. The molecule has 0 aliphatic carbocycles. The first kappa shape index (κ1) is 13.7. The topological polar surface area (TPSA) is 101 Å². The fourth-order valence-corrected chi connectivity index (χ4v) is 2.80. The number of rotatable bonds is 3. The Balaban J connectivity index is 1.98. The molecule has 0 aliphatic heterocycles. The van der Waals surface area contributed by atoms with Crippen LogP contribution in [0.2, 0.25) is 5.15 Å². The van der Waals surface area contributed by atoms with Gasteiger partial charge >= 0.3 is 0 Å². The third-order valence-electron chi connectivity index (χ3n) is 2.59. The van der Waals surface area contributed by atoms with Gasteiger partial charge in [-0.05, 0) is 24.3 Å². The number of H-pyrrole nitrogens is 1. The van der Waals surface area contributed by atoms with Crippen LogP contribution in [-0.2, 0) is 10.0 Å². The van der Waals surface area contributed by atoms with Crippen LogP contribution in [0.25, 0.3) is 11.2 Å². The van der Waals surface area contributed by atoms with Crippen molar-refractivity contribution in [1.29, 1.82) is 0 Å². The molecule has 21 heavy (non-hydrogen) atoms. The van der Waals surface area contributed by atoms with Crippen LogP contribution in [-0.4, -0.2) is 28.4 Å². The number of benzene rings is 1. The summed E-state index contributed by atoms with van der Waals surface area (Å²) in [5.74, 6) is -0.755. The lowest BCUT2D eigenvalue weighted by Gasteiger charge is -2.06. The average Bonchev–Trinajstić information content (AvgIpc) is 2.87. The zero-order valence-electron chi connectivity index (χ0n) is 10.2. The normalized spacial score (nSPS) is 11.7. The van der Waals surface area contributed by atoms with Gasteiger partial charge in [0.15, 0.2) is 10.8 Å². The number of halogens is 2. The first-order valence-corrected chi connectivity index (χ1v) is 7.47. The molecule has 0 amide bonds. The molecule has 10 heteroatoms. The maximum atomic E-state index is 12.8. The van der Waals surface area contributed by atoms with Crippen molar-refractivity contribution in [2.24, 2.45) is 0 Å². The predicted octanol–water partition coefficient (Wildman–Crippen LogP) is 1.95. The van der Waals surface area contributed by atoms with Crippen LogP contribution >= 0.6 is 11.6 Å². The zero-order chi connectivity index (χ0) is 15.0. The van der Waals surface area contributed by atoms with Crippen LogP contribution < -0.4 is 4.72 Å². The predicted molar refractivity (Wildman–Crippen MR) is 73.9 cm³/mol. The maximum absolute atomic E-state index is 12.8. The largest absolute Gasteiger partial charge is 0.341 e. The van der Waals surface area contributed by atoms with E-state index in [1.165, 1.54) is 6.33 Å². The van der Waals surface area contributed by atoms with Gasteiger partial charge in [0.2, 0.25) is 5.95 Å². The molecular weight excluding hydrogens is 321 g/mol. The number of hydrogen-bond donors (Lipinski definition) is 2. The minimum Gasteiger partial charge on any atom is -0.341 e. The smallest absolute Gasteiger partial charge is 0.264 e. The summed E-state index contributed by atoms with van der Waals surface area (Å²) < 4.78 is 39.2. The quantitative estimate of drug-likeness (QED) is 0.716. The van der Waals surface area contributed by atoms with Crippen molar-refractivity contribution in [3.8, 4) is 0 Å². The monoisotopic (exact) mass is 327 g/mol. The Labute approximate surface area is 123 Å². The highest BCUT2D eigenvalue weighted by molar-refractivity contribution is 7.92. The summed E-state index contributed by atoms with van der Waals surface area (Å²) in [6.07, 6.45) is 1.36. The molecular formula is C11H7ClFN5O2S. The standard InChI is InChI=1S/C11H7ClFN5O2S/c12-9-8-10(15-5-14-8)17-11(16-9)18-21(19,20)7-3-1-6(13)2-4-7/h1-5H,(H2,14,15,16,17,18). The Morgan fingerprint density at radius 2 is 1.90 bits per heavy atom. The number of aromatic nitrogens is 4. The van der Waals surface area contributed by atoms with Crippen molar-refractivity contribution in [3.63, 3.8) is 0 Å². The van der Waals surface area contributed by atoms with E-state index in [1.807, 2.05) is 0 Å². The Kier molecular flexibility index (Phi) is 3.22. The van der Waals surface area contributed by atoms with E-state index < -0.39 is 15.8 Å². The Morgan fingerprint density at radius 1 is 1.19 bits per heavy atom. The van der Waals surface area contributed by atoms with Crippen molar-refractivity contribution >= 4 is 38.7 Å². The van der Waals surface area contributed by atoms with Crippen molar-refractivity contribution in [2.75, 3.05) is 4.72 Å². The molecule has 3 rings (SSSR count). The molecule has 0 fully saturated rings. The number of anilines is 1. The lowest BCUT2D eigenvalue weighted by Crippen LogP contribution is -2.15. The van der Waals surface area contributed by atoms with Gasteiger partial charge in [-0.25, -0.2) is 22.5 Å². The van der Waals surface area contributed by atoms with E-state index in [2.05, 4.69) is 24.7 Å². The molecule has 0 aliphatic rings. The highest BCUT2D eigenvalue weighted by Gasteiger charge is 2.17. The second kappa shape index (κ2) is 4.93. The molecule has 0 spiro atoms. The van der Waals surface area contributed by atoms with Crippen molar-refractivity contribution in [3.05, 3.63) is 41.6 Å². The number of fused-ring (bicyclic) bond motifs is 1. The molecule has 0 saturated carbocycles. The molecule has 108 valence electrons. The fourth-order valence-electron chi connectivity index (χ4n) is 1.64. The molecule has 7 nitrogen and oxygen atoms in total. The minimum absolute atomic E-state index is 0.0364. The van der Waals surface area contributed by atoms with E-state index in [1.54, 1.807) is 0 Å². The third kappa shape index (κ3) is 2.65. The lowest BCUT2D eigenvalue weighted by atomic mass is 10.4. The van der Waals surface area contributed by atoms with Gasteiger partial charge in [-0.3, -0.25) is 0 Å². The van der Waals surface area contributed by atoms with Crippen molar-refractivity contribution in [2.45, 2.75) is 4.90 Å². The van der Waals surface area contributed by atoms with Gasteiger partial charge in [0, 0.05) is 0 Å². The first-order valence-electron chi connectivity index (χ1n) is 5.61. The van der Waals surface area contributed by atoms with Gasteiger partial charge in [0.25, 0.3) is 10.0 Å². The van der Waals surface area contributed by atoms with E-state index in [9.17, 15) is 12.8 Å². The van der Waals surface area contributed by atoms with Crippen LogP contribution in [0, 0.1) is 5.82 Å². The Bertz CT molecular complexity index is 910. The van der Waals surface area contributed by atoms with Crippen LogP contribution in [0.1, 0.15) is 0 Å². The summed E-state index contributed by atoms with van der Waals surface area (Å²) >= 11 is 5.89. The first-order chi connectivity index (χ1) is 9.95. The molecule has 3 aromatic rings. The minimum atomic E-state index is -3.94. The molecule has 1 aromatic carbocycles. The maximum Gasteiger partial charge on any atom is 0.264 e. The molecule has 2 aromatic heterocycles. The summed E-state index contributed by atoms with van der Waals surface area (Å²) in [6, 6.07) is 4.34. The van der Waals surface area contributed by atoms with E-state index in [0.717, 1.165) is 24.3 Å². The molecule has 2 heterocycles. The van der Waals surface area contributed by atoms with Gasteiger partial charge in [0.05, 0.1) is 11.2 Å². The molecule has 0 saturated heterocycles. The summed E-state index contributed by atoms with van der Waals surface area (Å²) in [6.45, 7) is 0. The van der Waals surface area contributed by atoms with Gasteiger partial charge in [-0.1, -0.05) is 11.6 Å². The summed E-state index contributed by atoms with van der Waals surface area (Å²) in [7, 11) is -3.94. The highest BCUT2D eigenvalue weighted by atomic mass is 35.5. The molecule has 2 N–H and O–H groups in total. The highest BCUT2D eigenvalue weighted by Crippen LogP contribution is 2.20. The van der Waals surface area contributed by atoms with Crippen molar-refractivity contribution in [1.82, 2.24) is 19.9 Å². The van der Waals surface area contributed by atoms with Gasteiger partial charge in [-0.15, -0.1) is 0 Å². The summed E-state index contributed by atoms with van der Waals surface area (Å²) in [5, 5.41) is 0.0364. The average molecular weight is 328 g/mol. The van der Waals surface area contributed by atoms with E-state index >= 15 is 0 Å². The number of aromatic amines is 1. The van der Waals surface area contributed by atoms with Gasteiger partial charge < -0.3 is 4.98 Å².